The molecule has 0 saturated carbocycles. The highest BCUT2D eigenvalue weighted by Gasteiger charge is 2.22. The fourth-order valence-corrected chi connectivity index (χ4v) is 3.23. The molecule has 3 aromatic carbocycles. The number of hydrogen-bond donors (Lipinski definition) is 0. The first kappa shape index (κ1) is 17.8. The van der Waals surface area contributed by atoms with Crippen LogP contribution in [0, 0.1) is 0 Å². The zero-order valence-electron chi connectivity index (χ0n) is 15.9. The van der Waals surface area contributed by atoms with Crippen LogP contribution >= 0.6 is 0 Å². The lowest BCUT2D eigenvalue weighted by atomic mass is 9.99. The van der Waals surface area contributed by atoms with Crippen molar-refractivity contribution in [2.75, 3.05) is 13.2 Å². The second-order valence-corrected chi connectivity index (χ2v) is 7.16. The van der Waals surface area contributed by atoms with Crippen molar-refractivity contribution < 1.29 is 9.47 Å². The highest BCUT2D eigenvalue weighted by Crippen LogP contribution is 2.22. The molecular formula is C25H26O2. The smallest absolute Gasteiger partial charge is 0.119 e. The molecule has 2 nitrogen and oxygen atoms in total. The lowest BCUT2D eigenvalue weighted by molar-refractivity contribution is 0.263. The Hall–Kier alpha value is -2.58. The largest absolute Gasteiger partial charge is 0.491 e. The van der Waals surface area contributed by atoms with E-state index in [1.165, 1.54) is 27.8 Å². The molecule has 0 aromatic heterocycles. The number of benzene rings is 3. The first-order chi connectivity index (χ1) is 13.3. The molecule has 0 bridgehead atoms. The van der Waals surface area contributed by atoms with Gasteiger partial charge in [0.15, 0.2) is 0 Å². The van der Waals surface area contributed by atoms with Gasteiger partial charge in [0.05, 0.1) is 6.61 Å². The van der Waals surface area contributed by atoms with Gasteiger partial charge >= 0.3 is 0 Å². The van der Waals surface area contributed by atoms with Crippen molar-refractivity contribution in [2.45, 2.75) is 32.3 Å². The maximum atomic E-state index is 5.78. The fraction of sp³-hybridized carbons (Fsp3) is 0.280. The minimum Gasteiger partial charge on any atom is -0.491 e. The van der Waals surface area contributed by atoms with Crippen molar-refractivity contribution in [3.8, 4) is 16.9 Å². The predicted molar refractivity (Wildman–Crippen MR) is 110 cm³/mol. The highest BCUT2D eigenvalue weighted by atomic mass is 16.6. The summed E-state index contributed by atoms with van der Waals surface area (Å²) in [5, 5.41) is 0. The maximum absolute atomic E-state index is 5.78. The number of aryl methyl sites for hydroxylation is 3. The van der Waals surface area contributed by atoms with Gasteiger partial charge in [-0.3, -0.25) is 0 Å². The van der Waals surface area contributed by atoms with E-state index in [0.29, 0.717) is 12.7 Å². The zero-order valence-corrected chi connectivity index (χ0v) is 15.9. The molecule has 138 valence electrons. The average Bonchev–Trinajstić information content (AvgIpc) is 3.56. The van der Waals surface area contributed by atoms with Gasteiger partial charge in [-0.05, 0) is 59.2 Å². The third-order valence-electron chi connectivity index (χ3n) is 5.09. The molecule has 1 aliphatic rings. The Balaban J connectivity index is 1.34. The molecule has 1 unspecified atom stereocenters. The van der Waals surface area contributed by atoms with E-state index < -0.39 is 0 Å². The van der Waals surface area contributed by atoms with Gasteiger partial charge in [-0.25, -0.2) is 0 Å². The molecule has 0 spiro atoms. The molecule has 3 aromatic rings. The summed E-state index contributed by atoms with van der Waals surface area (Å²) >= 11 is 0. The van der Waals surface area contributed by atoms with Gasteiger partial charge in [0, 0.05) is 0 Å². The highest BCUT2D eigenvalue weighted by molar-refractivity contribution is 5.64. The topological polar surface area (TPSA) is 21.8 Å². The maximum Gasteiger partial charge on any atom is 0.119 e. The first-order valence-electron chi connectivity index (χ1n) is 9.82. The normalized spacial score (nSPS) is 15.5. The van der Waals surface area contributed by atoms with Crippen LogP contribution in [0.15, 0.2) is 72.8 Å². The fourth-order valence-electron chi connectivity index (χ4n) is 3.23. The Morgan fingerprint density at radius 3 is 2.07 bits per heavy atom. The number of ether oxygens (including phenoxy) is 2. The SMILES string of the molecule is CCc1ccc(-c2ccc(CCc3cccc(OCC4CO4)c3)cc2)cc1. The lowest BCUT2D eigenvalue weighted by Crippen LogP contribution is -2.04. The van der Waals surface area contributed by atoms with E-state index in [0.717, 1.165) is 31.6 Å². The molecule has 0 N–H and O–H groups in total. The molecule has 4 rings (SSSR count). The standard InChI is InChI=1S/C25H26O2/c1-2-19-8-12-22(13-9-19)23-14-10-20(11-15-23)6-7-21-4-3-5-24(16-21)26-17-25-18-27-25/h3-5,8-16,25H,2,6-7,17-18H2,1H3. The van der Waals surface area contributed by atoms with Crippen LogP contribution in [0.4, 0.5) is 0 Å². The Morgan fingerprint density at radius 1 is 0.815 bits per heavy atom. The Kier molecular flexibility index (Phi) is 5.55. The summed E-state index contributed by atoms with van der Waals surface area (Å²) in [7, 11) is 0. The third kappa shape index (κ3) is 4.99. The van der Waals surface area contributed by atoms with Crippen LogP contribution < -0.4 is 4.74 Å². The van der Waals surface area contributed by atoms with Crippen LogP contribution in [0.1, 0.15) is 23.6 Å². The summed E-state index contributed by atoms with van der Waals surface area (Å²) in [5.74, 6) is 0.939. The van der Waals surface area contributed by atoms with Crippen molar-refractivity contribution in [2.24, 2.45) is 0 Å². The van der Waals surface area contributed by atoms with E-state index in [4.69, 9.17) is 9.47 Å². The molecule has 1 heterocycles. The van der Waals surface area contributed by atoms with Crippen LogP contribution in [0.5, 0.6) is 5.75 Å². The molecule has 1 atom stereocenters. The molecule has 2 heteroatoms. The van der Waals surface area contributed by atoms with Gasteiger partial charge < -0.3 is 9.47 Å². The predicted octanol–water partition coefficient (Wildman–Crippen LogP) is 5.48. The van der Waals surface area contributed by atoms with Gasteiger partial charge in [-0.2, -0.15) is 0 Å². The van der Waals surface area contributed by atoms with E-state index in [-0.39, 0.29) is 0 Å². The quantitative estimate of drug-likeness (QED) is 0.497. The second-order valence-electron chi connectivity index (χ2n) is 7.16. The minimum atomic E-state index is 0.297. The molecule has 27 heavy (non-hydrogen) atoms. The van der Waals surface area contributed by atoms with Crippen molar-refractivity contribution in [3.63, 3.8) is 0 Å². The van der Waals surface area contributed by atoms with Gasteiger partial charge in [-0.15, -0.1) is 0 Å². The van der Waals surface area contributed by atoms with E-state index in [1.54, 1.807) is 0 Å². The van der Waals surface area contributed by atoms with Crippen LogP contribution in [-0.2, 0) is 24.0 Å². The van der Waals surface area contributed by atoms with Crippen molar-refractivity contribution in [3.05, 3.63) is 89.5 Å². The first-order valence-corrected chi connectivity index (χ1v) is 9.82. The third-order valence-corrected chi connectivity index (χ3v) is 5.09. The monoisotopic (exact) mass is 358 g/mol. The molecular weight excluding hydrogens is 332 g/mol. The van der Waals surface area contributed by atoms with E-state index in [1.807, 2.05) is 6.07 Å². The number of epoxide rings is 1. The Morgan fingerprint density at radius 2 is 1.44 bits per heavy atom. The lowest BCUT2D eigenvalue weighted by Gasteiger charge is -2.08. The summed E-state index contributed by atoms with van der Waals surface area (Å²) in [5.41, 5.74) is 6.61. The Labute approximate surface area is 161 Å². The summed E-state index contributed by atoms with van der Waals surface area (Å²) < 4.78 is 11.0. The van der Waals surface area contributed by atoms with Gasteiger partial charge in [0.2, 0.25) is 0 Å². The van der Waals surface area contributed by atoms with Gasteiger partial charge in [0.1, 0.15) is 18.5 Å². The molecule has 1 saturated heterocycles. The average molecular weight is 358 g/mol. The van der Waals surface area contributed by atoms with Crippen molar-refractivity contribution in [1.82, 2.24) is 0 Å². The molecule has 0 radical (unpaired) electrons. The van der Waals surface area contributed by atoms with Gasteiger partial charge in [-0.1, -0.05) is 67.6 Å². The summed E-state index contributed by atoms with van der Waals surface area (Å²) in [4.78, 5) is 0. The van der Waals surface area contributed by atoms with Crippen LogP contribution in [0.2, 0.25) is 0 Å². The van der Waals surface area contributed by atoms with Gasteiger partial charge in [0.25, 0.3) is 0 Å². The van der Waals surface area contributed by atoms with E-state index >= 15 is 0 Å². The molecule has 1 aliphatic heterocycles. The molecule has 0 aliphatic carbocycles. The zero-order chi connectivity index (χ0) is 18.5. The minimum absolute atomic E-state index is 0.297. The Bertz CT molecular complexity index is 862. The molecule has 1 fully saturated rings. The number of rotatable bonds is 8. The van der Waals surface area contributed by atoms with Crippen molar-refractivity contribution in [1.29, 1.82) is 0 Å². The van der Waals surface area contributed by atoms with Crippen molar-refractivity contribution >= 4 is 0 Å². The van der Waals surface area contributed by atoms with Crippen LogP contribution in [-0.4, -0.2) is 19.3 Å². The summed E-state index contributed by atoms with van der Waals surface area (Å²) in [6, 6.07) is 26.2. The van der Waals surface area contributed by atoms with Crippen LogP contribution in [0.3, 0.4) is 0 Å². The molecule has 0 amide bonds. The number of hydrogen-bond acceptors (Lipinski definition) is 2. The van der Waals surface area contributed by atoms with Crippen LogP contribution in [0.25, 0.3) is 11.1 Å². The van der Waals surface area contributed by atoms with E-state index in [2.05, 4.69) is 73.7 Å². The van der Waals surface area contributed by atoms with E-state index in [9.17, 15) is 0 Å². The summed E-state index contributed by atoms with van der Waals surface area (Å²) in [6.45, 7) is 3.68. The second kappa shape index (κ2) is 8.41. The summed E-state index contributed by atoms with van der Waals surface area (Å²) in [6.07, 6.45) is 3.43.